The van der Waals surface area contributed by atoms with Gasteiger partial charge in [-0.3, -0.25) is 0 Å². The van der Waals surface area contributed by atoms with Gasteiger partial charge in [-0.1, -0.05) is 0 Å². The van der Waals surface area contributed by atoms with E-state index in [-0.39, 0.29) is 18.0 Å². The lowest BCUT2D eigenvalue weighted by molar-refractivity contribution is 0.0314. The third-order valence-corrected chi connectivity index (χ3v) is 4.38. The summed E-state index contributed by atoms with van der Waals surface area (Å²) in [5, 5.41) is 18.6. The van der Waals surface area contributed by atoms with Gasteiger partial charge in [-0.15, -0.1) is 0 Å². The van der Waals surface area contributed by atoms with E-state index < -0.39 is 15.6 Å². The highest BCUT2D eigenvalue weighted by atomic mass is 32.2. The maximum atomic E-state index is 12.0. The minimum Gasteiger partial charge on any atom is -0.386 e. The smallest absolute Gasteiger partial charge is 0.240 e. The molecule has 1 aromatic carbocycles. The highest BCUT2D eigenvalue weighted by Gasteiger charge is 2.33. The summed E-state index contributed by atoms with van der Waals surface area (Å²) in [6.45, 7) is 0.466. The molecule has 1 fully saturated rings. The molecule has 0 radical (unpaired) electrons. The Kier molecular flexibility index (Phi) is 3.87. The average molecular weight is 282 g/mol. The number of hydrogen-bond donors (Lipinski definition) is 2. The minimum atomic E-state index is -3.69. The first kappa shape index (κ1) is 14.0. The lowest BCUT2D eigenvalue weighted by atomic mass is 10.1. The van der Waals surface area contributed by atoms with Crippen LogP contribution in [-0.2, 0) is 14.8 Å². The monoisotopic (exact) mass is 282 g/mol. The number of nitriles is 1. The number of nitrogens with one attached hydrogen (secondary N) is 1. The van der Waals surface area contributed by atoms with Crippen LogP contribution in [0.3, 0.4) is 0 Å². The fourth-order valence-electron chi connectivity index (χ4n) is 1.76. The van der Waals surface area contributed by atoms with Gasteiger partial charge in [0.25, 0.3) is 0 Å². The van der Waals surface area contributed by atoms with Crippen molar-refractivity contribution in [3.63, 3.8) is 0 Å². The van der Waals surface area contributed by atoms with E-state index in [0.29, 0.717) is 18.6 Å². The van der Waals surface area contributed by atoms with E-state index in [1.807, 2.05) is 6.07 Å². The molecule has 2 rings (SSSR count). The number of ether oxygens (including phenoxy) is 1. The Morgan fingerprint density at radius 2 is 2.11 bits per heavy atom. The lowest BCUT2D eigenvalue weighted by Crippen LogP contribution is -2.43. The van der Waals surface area contributed by atoms with Gasteiger partial charge >= 0.3 is 0 Å². The molecule has 1 aromatic rings. The van der Waals surface area contributed by atoms with E-state index in [1.54, 1.807) is 0 Å². The summed E-state index contributed by atoms with van der Waals surface area (Å²) in [4.78, 5) is 0.0639. The maximum Gasteiger partial charge on any atom is 0.240 e. The second kappa shape index (κ2) is 5.27. The maximum absolute atomic E-state index is 12.0. The highest BCUT2D eigenvalue weighted by Crippen LogP contribution is 2.18. The van der Waals surface area contributed by atoms with E-state index in [4.69, 9.17) is 10.00 Å². The zero-order valence-corrected chi connectivity index (χ0v) is 11.0. The van der Waals surface area contributed by atoms with Gasteiger partial charge < -0.3 is 9.84 Å². The molecule has 0 aromatic heterocycles. The quantitative estimate of drug-likeness (QED) is 0.809. The molecule has 19 heavy (non-hydrogen) atoms. The van der Waals surface area contributed by atoms with E-state index in [0.717, 1.165) is 0 Å². The van der Waals surface area contributed by atoms with Gasteiger partial charge in [0.15, 0.2) is 0 Å². The van der Waals surface area contributed by atoms with Crippen LogP contribution >= 0.6 is 0 Å². The van der Waals surface area contributed by atoms with Crippen LogP contribution in [-0.4, -0.2) is 38.9 Å². The summed E-state index contributed by atoms with van der Waals surface area (Å²) in [5.41, 5.74) is -0.749. The first-order valence-corrected chi connectivity index (χ1v) is 7.23. The Labute approximate surface area is 111 Å². The van der Waals surface area contributed by atoms with Gasteiger partial charge in [-0.2, -0.15) is 5.26 Å². The van der Waals surface area contributed by atoms with Crippen molar-refractivity contribution >= 4 is 10.0 Å². The van der Waals surface area contributed by atoms with Crippen LogP contribution < -0.4 is 4.72 Å². The predicted molar refractivity (Wildman–Crippen MR) is 66.7 cm³/mol. The molecule has 1 aliphatic rings. The molecule has 1 aliphatic heterocycles. The third-order valence-electron chi connectivity index (χ3n) is 2.97. The molecule has 0 saturated carbocycles. The molecule has 102 valence electrons. The summed E-state index contributed by atoms with van der Waals surface area (Å²) in [6, 6.07) is 7.50. The summed E-state index contributed by atoms with van der Waals surface area (Å²) >= 11 is 0. The Morgan fingerprint density at radius 3 is 2.63 bits per heavy atom. The third kappa shape index (κ3) is 3.30. The number of rotatable bonds is 4. The Bertz CT molecular complexity index is 583. The van der Waals surface area contributed by atoms with Gasteiger partial charge in [0, 0.05) is 19.6 Å². The standard InChI is InChI=1S/C12H14N2O4S/c13-7-10-1-3-11(4-2-10)19(16,17)14-8-12(15)5-6-18-9-12/h1-4,14-15H,5-6,8-9H2/t12-/m0/s1. The van der Waals surface area contributed by atoms with Crippen molar-refractivity contribution in [3.8, 4) is 6.07 Å². The lowest BCUT2D eigenvalue weighted by Gasteiger charge is -2.20. The van der Waals surface area contributed by atoms with Crippen LogP contribution in [0.1, 0.15) is 12.0 Å². The van der Waals surface area contributed by atoms with Gasteiger partial charge in [0.05, 0.1) is 23.1 Å². The zero-order chi connectivity index (χ0) is 13.9. The van der Waals surface area contributed by atoms with Crippen LogP contribution in [0.5, 0.6) is 0 Å². The zero-order valence-electron chi connectivity index (χ0n) is 10.2. The van der Waals surface area contributed by atoms with Crippen molar-refractivity contribution in [1.29, 1.82) is 5.26 Å². The fraction of sp³-hybridized carbons (Fsp3) is 0.417. The van der Waals surface area contributed by atoms with Gasteiger partial charge in [-0.25, -0.2) is 13.1 Å². The number of hydrogen-bond acceptors (Lipinski definition) is 5. The van der Waals surface area contributed by atoms with Gasteiger partial charge in [0.2, 0.25) is 10.0 Å². The van der Waals surface area contributed by atoms with Crippen LogP contribution in [0.25, 0.3) is 0 Å². The Balaban J connectivity index is 2.07. The van der Waals surface area contributed by atoms with Crippen molar-refractivity contribution < 1.29 is 18.3 Å². The molecule has 0 spiro atoms. The van der Waals surface area contributed by atoms with Crippen LogP contribution in [0.2, 0.25) is 0 Å². The largest absolute Gasteiger partial charge is 0.386 e. The van der Waals surface area contributed by atoms with Crippen LogP contribution in [0.4, 0.5) is 0 Å². The molecule has 0 aliphatic carbocycles. The fourth-order valence-corrected chi connectivity index (χ4v) is 2.88. The van der Waals surface area contributed by atoms with Gasteiger partial charge in [-0.05, 0) is 24.3 Å². The summed E-state index contributed by atoms with van der Waals surface area (Å²) in [5.74, 6) is 0. The van der Waals surface area contributed by atoms with E-state index in [2.05, 4.69) is 4.72 Å². The SMILES string of the molecule is N#Cc1ccc(S(=O)(=O)NC[C@@]2(O)CCOC2)cc1. The van der Waals surface area contributed by atoms with E-state index >= 15 is 0 Å². The molecule has 1 atom stereocenters. The van der Waals surface area contributed by atoms with Crippen molar-refractivity contribution in [2.24, 2.45) is 0 Å². The van der Waals surface area contributed by atoms with E-state index in [1.165, 1.54) is 24.3 Å². The predicted octanol–water partition coefficient (Wildman–Crippen LogP) is -0.0120. The van der Waals surface area contributed by atoms with Crippen LogP contribution in [0.15, 0.2) is 29.2 Å². The molecule has 0 unspecified atom stereocenters. The molecular formula is C12H14N2O4S. The van der Waals surface area contributed by atoms with Crippen molar-refractivity contribution in [2.45, 2.75) is 16.9 Å². The number of benzene rings is 1. The molecule has 1 saturated heterocycles. The summed E-state index contributed by atoms with van der Waals surface area (Å²) < 4.78 is 31.4. The molecule has 0 amide bonds. The molecule has 6 nitrogen and oxygen atoms in total. The summed E-state index contributed by atoms with van der Waals surface area (Å²) in [6.07, 6.45) is 0.406. The second-order valence-electron chi connectivity index (χ2n) is 4.49. The number of nitrogens with zero attached hydrogens (tertiary/aromatic N) is 1. The highest BCUT2D eigenvalue weighted by molar-refractivity contribution is 7.89. The van der Waals surface area contributed by atoms with E-state index in [9.17, 15) is 13.5 Å². The normalized spacial score (nSPS) is 23.2. The topological polar surface area (TPSA) is 99.4 Å². The first-order valence-electron chi connectivity index (χ1n) is 5.75. The molecule has 7 heteroatoms. The number of sulfonamides is 1. The van der Waals surface area contributed by atoms with Crippen molar-refractivity contribution in [3.05, 3.63) is 29.8 Å². The molecule has 0 bridgehead atoms. The van der Waals surface area contributed by atoms with Crippen LogP contribution in [0, 0.1) is 11.3 Å². The Hall–Kier alpha value is -1.46. The molecule has 1 heterocycles. The first-order chi connectivity index (χ1) is 8.95. The summed E-state index contributed by atoms with van der Waals surface area (Å²) in [7, 11) is -3.69. The molecule has 2 N–H and O–H groups in total. The van der Waals surface area contributed by atoms with Crippen molar-refractivity contribution in [1.82, 2.24) is 4.72 Å². The van der Waals surface area contributed by atoms with Crippen molar-refractivity contribution in [2.75, 3.05) is 19.8 Å². The minimum absolute atomic E-state index is 0.0639. The second-order valence-corrected chi connectivity index (χ2v) is 6.25. The number of aliphatic hydroxyl groups is 1. The Morgan fingerprint density at radius 1 is 1.42 bits per heavy atom. The van der Waals surface area contributed by atoms with Gasteiger partial charge in [0.1, 0.15) is 5.60 Å². The average Bonchev–Trinajstić information content (AvgIpc) is 2.84. The molecular weight excluding hydrogens is 268 g/mol.